The van der Waals surface area contributed by atoms with E-state index in [0.717, 1.165) is 51.3 Å². The van der Waals surface area contributed by atoms with Gasteiger partial charge in [-0.15, -0.1) is 0 Å². The van der Waals surface area contributed by atoms with Crippen molar-refractivity contribution in [2.45, 2.75) is 44.2 Å². The standard InChI is InChI=1S/C15H23N5O/c21-14(13-6-1-2-7-16-13)19-12-5-3-10-20(11-12)15-17-8-4-9-18-15/h4,8-9,12-13,16H,1-3,5-7,10-11H2,(H,19,21). The second kappa shape index (κ2) is 6.85. The van der Waals surface area contributed by atoms with E-state index in [-0.39, 0.29) is 18.0 Å². The van der Waals surface area contributed by atoms with Gasteiger partial charge in [0.25, 0.3) is 0 Å². The van der Waals surface area contributed by atoms with E-state index in [1.165, 1.54) is 6.42 Å². The summed E-state index contributed by atoms with van der Waals surface area (Å²) in [6.07, 6.45) is 8.87. The van der Waals surface area contributed by atoms with E-state index in [1.54, 1.807) is 12.4 Å². The lowest BCUT2D eigenvalue weighted by atomic mass is 10.0. The number of nitrogens with one attached hydrogen (secondary N) is 2. The highest BCUT2D eigenvalue weighted by Crippen LogP contribution is 2.16. The SMILES string of the molecule is O=C(NC1CCCN(c2ncccn2)C1)C1CCCCN1. The molecular formula is C15H23N5O. The van der Waals surface area contributed by atoms with Crippen molar-refractivity contribution in [1.82, 2.24) is 20.6 Å². The summed E-state index contributed by atoms with van der Waals surface area (Å²) in [4.78, 5) is 23.0. The summed E-state index contributed by atoms with van der Waals surface area (Å²) in [6, 6.07) is 2.00. The summed E-state index contributed by atoms with van der Waals surface area (Å²) in [5.41, 5.74) is 0. The molecule has 2 saturated heterocycles. The van der Waals surface area contributed by atoms with Gasteiger partial charge < -0.3 is 15.5 Å². The fraction of sp³-hybridized carbons (Fsp3) is 0.667. The molecule has 0 spiro atoms. The molecule has 0 aromatic carbocycles. The van der Waals surface area contributed by atoms with Crippen molar-refractivity contribution in [2.24, 2.45) is 0 Å². The largest absolute Gasteiger partial charge is 0.350 e. The average molecular weight is 289 g/mol. The van der Waals surface area contributed by atoms with Gasteiger partial charge >= 0.3 is 0 Å². The molecular weight excluding hydrogens is 266 g/mol. The summed E-state index contributed by atoms with van der Waals surface area (Å²) >= 11 is 0. The second-order valence-electron chi connectivity index (χ2n) is 5.85. The van der Waals surface area contributed by atoms with E-state index < -0.39 is 0 Å². The predicted octanol–water partition coefficient (Wildman–Crippen LogP) is 0.704. The molecule has 2 aliphatic heterocycles. The fourth-order valence-corrected chi connectivity index (χ4v) is 3.11. The summed E-state index contributed by atoms with van der Waals surface area (Å²) < 4.78 is 0. The number of anilines is 1. The van der Waals surface area contributed by atoms with Crippen LogP contribution < -0.4 is 15.5 Å². The number of carbonyl (C=O) groups excluding carboxylic acids is 1. The zero-order valence-electron chi connectivity index (χ0n) is 12.3. The molecule has 21 heavy (non-hydrogen) atoms. The number of rotatable bonds is 3. The Balaban J connectivity index is 1.55. The quantitative estimate of drug-likeness (QED) is 0.857. The Labute approximate surface area is 125 Å². The van der Waals surface area contributed by atoms with Crippen molar-refractivity contribution < 1.29 is 4.79 Å². The smallest absolute Gasteiger partial charge is 0.237 e. The molecule has 2 atom stereocenters. The van der Waals surface area contributed by atoms with Crippen LogP contribution in [0.15, 0.2) is 18.5 Å². The molecule has 6 heteroatoms. The number of nitrogens with zero attached hydrogens (tertiary/aromatic N) is 3. The van der Waals surface area contributed by atoms with Crippen LogP contribution in [0.1, 0.15) is 32.1 Å². The van der Waals surface area contributed by atoms with Gasteiger partial charge in [0.1, 0.15) is 0 Å². The maximum atomic E-state index is 12.3. The number of hydrogen-bond donors (Lipinski definition) is 2. The van der Waals surface area contributed by atoms with Gasteiger partial charge in [0.05, 0.1) is 6.04 Å². The Morgan fingerprint density at radius 2 is 2.10 bits per heavy atom. The summed E-state index contributed by atoms with van der Waals surface area (Å²) in [5, 5.41) is 6.49. The zero-order valence-corrected chi connectivity index (χ0v) is 12.3. The third-order valence-electron chi connectivity index (χ3n) is 4.23. The van der Waals surface area contributed by atoms with E-state index in [4.69, 9.17) is 0 Å². The molecule has 2 N–H and O–H groups in total. The van der Waals surface area contributed by atoms with Gasteiger partial charge in [-0.3, -0.25) is 4.79 Å². The molecule has 2 aliphatic rings. The van der Waals surface area contributed by atoms with Crippen LogP contribution in [0, 0.1) is 0 Å². The summed E-state index contributed by atoms with van der Waals surface area (Å²) in [6.45, 7) is 2.70. The number of aromatic nitrogens is 2. The second-order valence-corrected chi connectivity index (χ2v) is 5.85. The van der Waals surface area contributed by atoms with Crippen LogP contribution in [0.4, 0.5) is 5.95 Å². The fourth-order valence-electron chi connectivity index (χ4n) is 3.11. The Morgan fingerprint density at radius 1 is 1.24 bits per heavy atom. The summed E-state index contributed by atoms with van der Waals surface area (Å²) in [5.74, 6) is 0.905. The Hall–Kier alpha value is -1.69. The lowest BCUT2D eigenvalue weighted by Crippen LogP contribution is -2.54. The molecule has 1 aromatic rings. The average Bonchev–Trinajstić information content (AvgIpc) is 2.57. The molecule has 3 heterocycles. The van der Waals surface area contributed by atoms with Crippen molar-refractivity contribution >= 4 is 11.9 Å². The third kappa shape index (κ3) is 3.69. The van der Waals surface area contributed by atoms with Crippen molar-refractivity contribution in [3.63, 3.8) is 0 Å². The van der Waals surface area contributed by atoms with Gasteiger partial charge in [-0.25, -0.2) is 9.97 Å². The maximum Gasteiger partial charge on any atom is 0.237 e. The topological polar surface area (TPSA) is 70.2 Å². The molecule has 0 aliphatic carbocycles. The van der Waals surface area contributed by atoms with E-state index in [1.807, 2.05) is 6.07 Å². The first kappa shape index (κ1) is 14.3. The molecule has 114 valence electrons. The van der Waals surface area contributed by atoms with Crippen molar-refractivity contribution in [2.75, 3.05) is 24.5 Å². The van der Waals surface area contributed by atoms with Crippen LogP contribution in [0.25, 0.3) is 0 Å². The number of piperidine rings is 2. The predicted molar refractivity (Wildman–Crippen MR) is 81.1 cm³/mol. The van der Waals surface area contributed by atoms with Crippen molar-refractivity contribution in [3.8, 4) is 0 Å². The van der Waals surface area contributed by atoms with Gasteiger partial charge in [-0.2, -0.15) is 0 Å². The highest BCUT2D eigenvalue weighted by atomic mass is 16.2. The van der Waals surface area contributed by atoms with E-state index >= 15 is 0 Å². The Bertz CT molecular complexity index is 460. The Morgan fingerprint density at radius 3 is 2.86 bits per heavy atom. The van der Waals surface area contributed by atoms with Gasteiger partial charge in [-0.05, 0) is 38.3 Å². The minimum absolute atomic E-state index is 0.0119. The van der Waals surface area contributed by atoms with Crippen LogP contribution in [0.3, 0.4) is 0 Å². The number of hydrogen-bond acceptors (Lipinski definition) is 5. The first-order chi connectivity index (χ1) is 10.3. The molecule has 3 rings (SSSR count). The molecule has 1 aromatic heterocycles. The highest BCUT2D eigenvalue weighted by Gasteiger charge is 2.26. The zero-order chi connectivity index (χ0) is 14.5. The molecule has 0 saturated carbocycles. The molecule has 2 fully saturated rings. The van der Waals surface area contributed by atoms with E-state index in [9.17, 15) is 4.79 Å². The van der Waals surface area contributed by atoms with Crippen LogP contribution in [0.5, 0.6) is 0 Å². The van der Waals surface area contributed by atoms with Gasteiger partial charge in [0.2, 0.25) is 11.9 Å². The van der Waals surface area contributed by atoms with Crippen LogP contribution in [-0.4, -0.2) is 47.6 Å². The first-order valence-corrected chi connectivity index (χ1v) is 7.88. The lowest BCUT2D eigenvalue weighted by molar-refractivity contribution is -0.124. The highest BCUT2D eigenvalue weighted by molar-refractivity contribution is 5.82. The third-order valence-corrected chi connectivity index (χ3v) is 4.23. The van der Waals surface area contributed by atoms with Gasteiger partial charge in [-0.1, -0.05) is 6.42 Å². The van der Waals surface area contributed by atoms with Gasteiger partial charge in [0.15, 0.2) is 0 Å². The lowest BCUT2D eigenvalue weighted by Gasteiger charge is -2.34. The minimum Gasteiger partial charge on any atom is -0.350 e. The van der Waals surface area contributed by atoms with Crippen LogP contribution in [0.2, 0.25) is 0 Å². The summed E-state index contributed by atoms with van der Waals surface area (Å²) in [7, 11) is 0. The number of amides is 1. The maximum absolute atomic E-state index is 12.3. The van der Waals surface area contributed by atoms with Gasteiger partial charge in [0, 0.05) is 31.5 Å². The monoisotopic (exact) mass is 289 g/mol. The van der Waals surface area contributed by atoms with Crippen molar-refractivity contribution in [1.29, 1.82) is 0 Å². The molecule has 0 bridgehead atoms. The molecule has 1 amide bonds. The van der Waals surface area contributed by atoms with E-state index in [2.05, 4.69) is 25.5 Å². The van der Waals surface area contributed by atoms with Crippen LogP contribution >= 0.6 is 0 Å². The van der Waals surface area contributed by atoms with Crippen molar-refractivity contribution in [3.05, 3.63) is 18.5 Å². The molecule has 6 nitrogen and oxygen atoms in total. The number of carbonyl (C=O) groups is 1. The minimum atomic E-state index is -0.0119. The normalized spacial score (nSPS) is 26.4. The molecule has 2 unspecified atom stereocenters. The Kier molecular flexibility index (Phi) is 4.65. The van der Waals surface area contributed by atoms with E-state index in [0.29, 0.717) is 0 Å². The van der Waals surface area contributed by atoms with Crippen LogP contribution in [-0.2, 0) is 4.79 Å². The first-order valence-electron chi connectivity index (χ1n) is 7.88. The molecule has 0 radical (unpaired) electrons.